The zero-order valence-electron chi connectivity index (χ0n) is 28.9. The van der Waals surface area contributed by atoms with Crippen molar-refractivity contribution in [2.75, 3.05) is 0 Å². The minimum Gasteiger partial charge on any atom is -0.322 e. The molecule has 0 unspecified atom stereocenters. The maximum atomic E-state index is 12.9. The Morgan fingerprint density at radius 2 is 1.02 bits per heavy atom. The van der Waals surface area contributed by atoms with Crippen LogP contribution in [0, 0.1) is 7.14 Å². The predicted molar refractivity (Wildman–Crippen MR) is 240 cm³/mol. The maximum Gasteiger partial charge on any atom is 0.251 e. The van der Waals surface area contributed by atoms with Crippen molar-refractivity contribution in [3.8, 4) is 22.3 Å². The molecule has 0 radical (unpaired) electrons. The molecule has 270 valence electrons. The number of hydrogen-bond acceptors (Lipinski definition) is 4. The van der Waals surface area contributed by atoms with Crippen molar-refractivity contribution in [3.05, 3.63) is 206 Å². The molecule has 0 bridgehead atoms. The minimum atomic E-state index is -0.173. The van der Waals surface area contributed by atoms with Crippen LogP contribution in [0.15, 0.2) is 155 Å². The Hall–Kier alpha value is -4.88. The number of carbonyl (C=O) groups is 2. The van der Waals surface area contributed by atoms with Gasteiger partial charge in [-0.1, -0.05) is 47.5 Å². The lowest BCUT2D eigenvalue weighted by Gasteiger charge is -2.12. The number of nitrogens with one attached hydrogen (secondary N) is 1. The first-order chi connectivity index (χ1) is 26.4. The van der Waals surface area contributed by atoms with Gasteiger partial charge in [0.2, 0.25) is 5.56 Å². The number of pyridine rings is 2. The predicted octanol–water partition coefficient (Wildman–Crippen LogP) is 11.4. The van der Waals surface area contributed by atoms with E-state index in [1.165, 1.54) is 0 Å². The lowest BCUT2D eigenvalue weighted by Crippen LogP contribution is -2.16. The lowest BCUT2D eigenvalue weighted by atomic mass is 9.96. The van der Waals surface area contributed by atoms with Crippen molar-refractivity contribution >= 4 is 102 Å². The Bertz CT molecular complexity index is 2900. The van der Waals surface area contributed by atoms with Crippen LogP contribution >= 0.6 is 68.4 Å². The smallest absolute Gasteiger partial charge is 0.251 e. The fraction of sp³-hybridized carbons (Fsp3) is 0.0222. The van der Waals surface area contributed by atoms with E-state index in [-0.39, 0.29) is 22.7 Å². The maximum absolute atomic E-state index is 12.9. The van der Waals surface area contributed by atoms with Crippen LogP contribution in [0.25, 0.3) is 44.1 Å². The highest BCUT2D eigenvalue weighted by Gasteiger charge is 2.16. The van der Waals surface area contributed by atoms with Gasteiger partial charge >= 0.3 is 0 Å². The second kappa shape index (κ2) is 16.5. The molecule has 0 aliphatic heterocycles. The SMILES string of the molecule is Cn1c(=O)cc(-c2cccc(I)c2)c2cc(C(=O)c3ccc(Cl)cc3)ccc21.O=C(c1ccc(Cl)cc1)c1ccc2[nH]c(=O)cc(-c3cccc(I)c3)c2c1. The minimum absolute atomic E-state index is 0.0824. The quantitative estimate of drug-likeness (QED) is 0.133. The topological polar surface area (TPSA) is 89.0 Å². The van der Waals surface area contributed by atoms with Gasteiger partial charge in [0.15, 0.2) is 11.6 Å². The second-order valence-electron chi connectivity index (χ2n) is 12.7. The van der Waals surface area contributed by atoms with Crippen LogP contribution < -0.4 is 11.1 Å². The molecule has 8 rings (SSSR count). The van der Waals surface area contributed by atoms with Gasteiger partial charge in [0.1, 0.15) is 0 Å². The Morgan fingerprint density at radius 3 is 1.55 bits per heavy atom. The van der Waals surface area contributed by atoms with Crippen LogP contribution in [-0.4, -0.2) is 21.1 Å². The molecule has 0 saturated carbocycles. The summed E-state index contributed by atoms with van der Waals surface area (Å²) in [7, 11) is 1.74. The van der Waals surface area contributed by atoms with Gasteiger partial charge in [-0.25, -0.2) is 0 Å². The van der Waals surface area contributed by atoms with Crippen LogP contribution in [-0.2, 0) is 7.05 Å². The molecular weight excluding hydrogens is 957 g/mol. The molecule has 8 aromatic rings. The molecule has 0 atom stereocenters. The first-order valence-corrected chi connectivity index (χ1v) is 19.8. The summed E-state index contributed by atoms with van der Waals surface area (Å²) in [6.45, 7) is 0. The molecule has 6 nitrogen and oxygen atoms in total. The molecule has 2 aromatic heterocycles. The number of rotatable bonds is 6. The number of ketones is 2. The molecule has 0 aliphatic rings. The van der Waals surface area contributed by atoms with Crippen LogP contribution in [0.2, 0.25) is 10.0 Å². The van der Waals surface area contributed by atoms with Gasteiger partial charge in [-0.15, -0.1) is 0 Å². The number of halogens is 4. The van der Waals surface area contributed by atoms with Gasteiger partial charge in [0, 0.05) is 74.9 Å². The summed E-state index contributed by atoms with van der Waals surface area (Å²) in [6, 6.07) is 43.6. The fourth-order valence-electron chi connectivity index (χ4n) is 6.32. The number of aryl methyl sites for hydroxylation is 1. The number of nitrogens with zero attached hydrogens (tertiary/aromatic N) is 1. The van der Waals surface area contributed by atoms with E-state index in [9.17, 15) is 19.2 Å². The summed E-state index contributed by atoms with van der Waals surface area (Å²) in [5, 5.41) is 2.87. The number of fused-ring (bicyclic) bond motifs is 2. The van der Waals surface area contributed by atoms with Crippen molar-refractivity contribution in [3.63, 3.8) is 0 Å². The zero-order valence-corrected chi connectivity index (χ0v) is 34.8. The first-order valence-electron chi connectivity index (χ1n) is 16.9. The third-order valence-electron chi connectivity index (χ3n) is 9.10. The van der Waals surface area contributed by atoms with Crippen molar-refractivity contribution in [1.82, 2.24) is 9.55 Å². The van der Waals surface area contributed by atoms with E-state index in [4.69, 9.17) is 23.2 Å². The summed E-state index contributed by atoms with van der Waals surface area (Å²) in [6.07, 6.45) is 0. The summed E-state index contributed by atoms with van der Waals surface area (Å²) >= 11 is 16.3. The number of hydrogen-bond donors (Lipinski definition) is 1. The molecule has 0 spiro atoms. The largest absolute Gasteiger partial charge is 0.322 e. The molecule has 0 aliphatic carbocycles. The molecule has 6 aromatic carbocycles. The van der Waals surface area contributed by atoms with Gasteiger partial charge in [-0.3, -0.25) is 19.2 Å². The van der Waals surface area contributed by atoms with E-state index in [0.29, 0.717) is 37.8 Å². The normalized spacial score (nSPS) is 10.9. The van der Waals surface area contributed by atoms with E-state index in [0.717, 1.165) is 45.7 Å². The Morgan fingerprint density at radius 1 is 0.545 bits per heavy atom. The number of benzene rings is 6. The van der Waals surface area contributed by atoms with Gasteiger partial charge < -0.3 is 9.55 Å². The summed E-state index contributed by atoms with van der Waals surface area (Å²) in [4.78, 5) is 53.2. The molecule has 10 heteroatoms. The molecule has 0 amide bonds. The van der Waals surface area contributed by atoms with Crippen LogP contribution in [0.1, 0.15) is 31.8 Å². The first kappa shape index (κ1) is 38.4. The van der Waals surface area contributed by atoms with Gasteiger partial charge in [0.05, 0.1) is 5.52 Å². The Kier molecular flexibility index (Phi) is 11.5. The highest BCUT2D eigenvalue weighted by atomic mass is 127. The molecular formula is C45H28Cl2I2N2O4. The summed E-state index contributed by atoms with van der Waals surface area (Å²) in [5.41, 5.74) is 7.01. The van der Waals surface area contributed by atoms with Crippen LogP contribution in [0.5, 0.6) is 0 Å². The number of carbonyl (C=O) groups excluding carboxylic acids is 2. The average molecular weight is 985 g/mol. The van der Waals surface area contributed by atoms with Crippen molar-refractivity contribution in [2.45, 2.75) is 0 Å². The Labute approximate surface area is 353 Å². The molecule has 2 heterocycles. The summed E-state index contributed by atoms with van der Waals surface area (Å²) in [5.74, 6) is -0.172. The van der Waals surface area contributed by atoms with E-state index < -0.39 is 0 Å². The van der Waals surface area contributed by atoms with E-state index >= 15 is 0 Å². The average Bonchev–Trinajstić information content (AvgIpc) is 3.19. The zero-order chi connectivity index (χ0) is 38.8. The third-order valence-corrected chi connectivity index (χ3v) is 10.9. The standard InChI is InChI=1S/C23H15ClINO2.C22H13ClINO2/c1-26-21-10-7-16(23(28)14-5-8-17(24)9-6-14)12-20(21)19(13-22(26)27)15-3-2-4-18(25)11-15;23-16-7-4-13(5-8-16)22(27)15-6-9-20-19(11-15)18(12-21(26)25-20)14-2-1-3-17(24)10-14/h2-13H,1H3;1-12H,(H,25,26). The van der Waals surface area contributed by atoms with Crippen LogP contribution in [0.3, 0.4) is 0 Å². The van der Waals surface area contributed by atoms with Gasteiger partial charge in [0.25, 0.3) is 5.56 Å². The second-order valence-corrected chi connectivity index (χ2v) is 16.1. The van der Waals surface area contributed by atoms with E-state index in [1.807, 2.05) is 66.7 Å². The van der Waals surface area contributed by atoms with Gasteiger partial charge in [-0.05, 0) is 177 Å². The van der Waals surface area contributed by atoms with E-state index in [1.54, 1.807) is 90.5 Å². The van der Waals surface area contributed by atoms with Crippen molar-refractivity contribution in [2.24, 2.45) is 7.05 Å². The highest BCUT2D eigenvalue weighted by molar-refractivity contribution is 14.1. The van der Waals surface area contributed by atoms with Crippen molar-refractivity contribution < 1.29 is 9.59 Å². The number of aromatic amines is 1. The van der Waals surface area contributed by atoms with Crippen LogP contribution in [0.4, 0.5) is 0 Å². The fourth-order valence-corrected chi connectivity index (χ4v) is 7.66. The highest BCUT2D eigenvalue weighted by Crippen LogP contribution is 2.31. The third kappa shape index (κ3) is 8.52. The van der Waals surface area contributed by atoms with Gasteiger partial charge in [-0.2, -0.15) is 0 Å². The van der Waals surface area contributed by atoms with E-state index in [2.05, 4.69) is 50.2 Å². The van der Waals surface area contributed by atoms with Crippen molar-refractivity contribution in [1.29, 1.82) is 0 Å². The number of H-pyrrole nitrogens is 1. The molecule has 0 fully saturated rings. The monoisotopic (exact) mass is 984 g/mol. The Balaban J connectivity index is 0.000000169. The lowest BCUT2D eigenvalue weighted by molar-refractivity contribution is 0.103. The molecule has 1 N–H and O–H groups in total. The molecule has 55 heavy (non-hydrogen) atoms. The number of aromatic nitrogens is 2. The summed E-state index contributed by atoms with van der Waals surface area (Å²) < 4.78 is 3.76. The molecule has 0 saturated heterocycles.